The van der Waals surface area contributed by atoms with Crippen molar-refractivity contribution < 1.29 is 4.74 Å². The summed E-state index contributed by atoms with van der Waals surface area (Å²) in [5.74, 6) is 0.809. The Morgan fingerprint density at radius 2 is 1.73 bits per heavy atom. The SMILES string of the molecule is CN(CCOc1ccccc1)c1cnn(Cc2ccccc2)c(=O)c1Cl. The number of anilines is 1. The molecule has 0 atom stereocenters. The van der Waals surface area contributed by atoms with E-state index in [0.717, 1.165) is 11.3 Å². The van der Waals surface area contributed by atoms with Crippen LogP contribution < -0.4 is 15.2 Å². The molecule has 2 aromatic carbocycles. The van der Waals surface area contributed by atoms with Crippen molar-refractivity contribution in [1.29, 1.82) is 0 Å². The van der Waals surface area contributed by atoms with E-state index >= 15 is 0 Å². The van der Waals surface area contributed by atoms with E-state index in [1.54, 1.807) is 6.20 Å². The number of nitrogens with zero attached hydrogens (tertiary/aromatic N) is 3. The van der Waals surface area contributed by atoms with E-state index < -0.39 is 0 Å². The van der Waals surface area contributed by atoms with E-state index in [2.05, 4.69) is 5.10 Å². The van der Waals surface area contributed by atoms with E-state index in [-0.39, 0.29) is 10.6 Å². The molecule has 26 heavy (non-hydrogen) atoms. The van der Waals surface area contributed by atoms with Crippen LogP contribution in [0.25, 0.3) is 0 Å². The molecule has 0 aliphatic heterocycles. The van der Waals surface area contributed by atoms with Gasteiger partial charge in [-0.3, -0.25) is 4.79 Å². The smallest absolute Gasteiger partial charge is 0.287 e. The predicted molar refractivity (Wildman–Crippen MR) is 104 cm³/mol. The van der Waals surface area contributed by atoms with Gasteiger partial charge < -0.3 is 9.64 Å². The molecule has 3 aromatic rings. The van der Waals surface area contributed by atoms with Gasteiger partial charge in [-0.15, -0.1) is 0 Å². The summed E-state index contributed by atoms with van der Waals surface area (Å²) in [6, 6.07) is 19.3. The summed E-state index contributed by atoms with van der Waals surface area (Å²) in [6.07, 6.45) is 1.62. The summed E-state index contributed by atoms with van der Waals surface area (Å²) in [4.78, 5) is 14.4. The van der Waals surface area contributed by atoms with Gasteiger partial charge in [-0.05, 0) is 17.7 Å². The number of hydrogen-bond donors (Lipinski definition) is 0. The lowest BCUT2D eigenvalue weighted by atomic mass is 10.2. The number of likely N-dealkylation sites (N-methyl/N-ethyl adjacent to an activating group) is 1. The van der Waals surface area contributed by atoms with Gasteiger partial charge in [0.1, 0.15) is 17.4 Å². The highest BCUT2D eigenvalue weighted by atomic mass is 35.5. The second-order valence-corrected chi connectivity index (χ2v) is 6.25. The second kappa shape index (κ2) is 8.54. The van der Waals surface area contributed by atoms with Crippen molar-refractivity contribution in [2.75, 3.05) is 25.1 Å². The monoisotopic (exact) mass is 369 g/mol. The average Bonchev–Trinajstić information content (AvgIpc) is 2.67. The Hall–Kier alpha value is -2.79. The minimum Gasteiger partial charge on any atom is -0.492 e. The van der Waals surface area contributed by atoms with Crippen LogP contribution in [0, 0.1) is 0 Å². The van der Waals surface area contributed by atoms with Crippen molar-refractivity contribution in [3.05, 3.63) is 87.8 Å². The molecule has 0 aliphatic carbocycles. The van der Waals surface area contributed by atoms with Crippen molar-refractivity contribution in [2.45, 2.75) is 6.54 Å². The van der Waals surface area contributed by atoms with Crippen LogP contribution in [0.3, 0.4) is 0 Å². The first kappa shape index (κ1) is 18.0. The Balaban J connectivity index is 1.66. The standard InChI is InChI=1S/C20H20ClN3O2/c1-23(12-13-26-17-10-6-3-7-11-17)18-14-22-24(20(25)19(18)21)15-16-8-4-2-5-9-16/h2-11,14H,12-13,15H2,1H3. The normalized spacial score (nSPS) is 10.5. The molecule has 134 valence electrons. The topological polar surface area (TPSA) is 47.4 Å². The molecule has 0 fully saturated rings. The predicted octanol–water partition coefficient (Wildman–Crippen LogP) is 3.46. The average molecular weight is 370 g/mol. The lowest BCUT2D eigenvalue weighted by Crippen LogP contribution is -2.29. The summed E-state index contributed by atoms with van der Waals surface area (Å²) in [7, 11) is 1.86. The highest BCUT2D eigenvalue weighted by Crippen LogP contribution is 2.19. The van der Waals surface area contributed by atoms with Gasteiger partial charge in [0.2, 0.25) is 0 Å². The minimum absolute atomic E-state index is 0.165. The first-order valence-electron chi connectivity index (χ1n) is 8.33. The molecule has 0 saturated heterocycles. The molecule has 6 heteroatoms. The summed E-state index contributed by atoms with van der Waals surface area (Å²) in [5.41, 5.74) is 1.29. The Kier molecular flexibility index (Phi) is 5.92. The maximum Gasteiger partial charge on any atom is 0.287 e. The molecular weight excluding hydrogens is 350 g/mol. The van der Waals surface area contributed by atoms with Crippen molar-refractivity contribution in [2.24, 2.45) is 0 Å². The largest absolute Gasteiger partial charge is 0.492 e. The molecule has 0 aliphatic rings. The van der Waals surface area contributed by atoms with Gasteiger partial charge in [-0.1, -0.05) is 60.1 Å². The second-order valence-electron chi connectivity index (χ2n) is 5.88. The number of halogens is 1. The van der Waals surface area contributed by atoms with Gasteiger partial charge in [0.05, 0.1) is 25.0 Å². The fraction of sp³-hybridized carbons (Fsp3) is 0.200. The van der Waals surface area contributed by atoms with E-state index in [1.165, 1.54) is 4.68 Å². The number of benzene rings is 2. The third-order valence-corrected chi connectivity index (χ3v) is 4.35. The molecule has 0 bridgehead atoms. The van der Waals surface area contributed by atoms with Crippen molar-refractivity contribution >= 4 is 17.3 Å². The van der Waals surface area contributed by atoms with Crippen molar-refractivity contribution in [1.82, 2.24) is 9.78 Å². The molecular formula is C20H20ClN3O2. The Labute approximate surface area is 157 Å². The maximum atomic E-state index is 12.5. The number of hydrogen-bond acceptors (Lipinski definition) is 4. The fourth-order valence-electron chi connectivity index (χ4n) is 2.53. The van der Waals surface area contributed by atoms with E-state index in [9.17, 15) is 4.79 Å². The Morgan fingerprint density at radius 3 is 2.42 bits per heavy atom. The van der Waals surface area contributed by atoms with Crippen LogP contribution in [-0.4, -0.2) is 30.0 Å². The number of ether oxygens (including phenoxy) is 1. The Bertz CT molecular complexity index is 898. The zero-order chi connectivity index (χ0) is 18.4. The lowest BCUT2D eigenvalue weighted by Gasteiger charge is -2.20. The van der Waals surface area contributed by atoms with Crippen LogP contribution in [0.5, 0.6) is 5.75 Å². The number of rotatable bonds is 7. The zero-order valence-electron chi connectivity index (χ0n) is 14.5. The van der Waals surface area contributed by atoms with Crippen molar-refractivity contribution in [3.8, 4) is 5.75 Å². The van der Waals surface area contributed by atoms with Gasteiger partial charge in [0, 0.05) is 7.05 Å². The lowest BCUT2D eigenvalue weighted by molar-refractivity contribution is 0.326. The molecule has 0 spiro atoms. The molecule has 1 aromatic heterocycles. The van der Waals surface area contributed by atoms with Gasteiger partial charge in [-0.2, -0.15) is 5.10 Å². The molecule has 0 amide bonds. The van der Waals surface area contributed by atoms with Gasteiger partial charge in [0.15, 0.2) is 0 Å². The van der Waals surface area contributed by atoms with Crippen LogP contribution in [0.1, 0.15) is 5.56 Å². The summed E-state index contributed by atoms with van der Waals surface area (Å²) in [5, 5.41) is 4.42. The fourth-order valence-corrected chi connectivity index (χ4v) is 2.82. The summed E-state index contributed by atoms with van der Waals surface area (Å²) >= 11 is 6.30. The number of aromatic nitrogens is 2. The van der Waals surface area contributed by atoms with E-state index in [0.29, 0.717) is 25.4 Å². The third-order valence-electron chi connectivity index (χ3n) is 3.99. The molecule has 3 rings (SSSR count). The van der Waals surface area contributed by atoms with Gasteiger partial charge in [0.25, 0.3) is 5.56 Å². The maximum absolute atomic E-state index is 12.5. The first-order valence-corrected chi connectivity index (χ1v) is 8.71. The van der Waals surface area contributed by atoms with Crippen LogP contribution in [0.4, 0.5) is 5.69 Å². The number of para-hydroxylation sites is 1. The third kappa shape index (κ3) is 4.43. The van der Waals surface area contributed by atoms with Crippen LogP contribution in [0.15, 0.2) is 71.7 Å². The van der Waals surface area contributed by atoms with E-state index in [4.69, 9.17) is 16.3 Å². The minimum atomic E-state index is -0.302. The molecule has 5 nitrogen and oxygen atoms in total. The van der Waals surface area contributed by atoms with Crippen LogP contribution >= 0.6 is 11.6 Å². The highest BCUT2D eigenvalue weighted by molar-refractivity contribution is 6.33. The summed E-state index contributed by atoms with van der Waals surface area (Å²) in [6.45, 7) is 1.45. The zero-order valence-corrected chi connectivity index (χ0v) is 15.3. The first-order chi connectivity index (χ1) is 12.6. The Morgan fingerprint density at radius 1 is 1.08 bits per heavy atom. The van der Waals surface area contributed by atoms with E-state index in [1.807, 2.05) is 72.6 Å². The molecule has 0 N–H and O–H groups in total. The van der Waals surface area contributed by atoms with Gasteiger partial charge >= 0.3 is 0 Å². The van der Waals surface area contributed by atoms with Crippen LogP contribution in [-0.2, 0) is 6.54 Å². The van der Waals surface area contributed by atoms with Gasteiger partial charge in [-0.25, -0.2) is 4.68 Å². The van der Waals surface area contributed by atoms with Crippen molar-refractivity contribution in [3.63, 3.8) is 0 Å². The highest BCUT2D eigenvalue weighted by Gasteiger charge is 2.13. The quantitative estimate of drug-likeness (QED) is 0.640. The van der Waals surface area contributed by atoms with Crippen LogP contribution in [0.2, 0.25) is 5.02 Å². The molecule has 1 heterocycles. The molecule has 0 saturated carbocycles. The molecule has 0 unspecified atom stereocenters. The summed E-state index contributed by atoms with van der Waals surface area (Å²) < 4.78 is 7.05. The molecule has 0 radical (unpaired) electrons.